The molecule has 0 amide bonds. The largest absolute Gasteiger partial charge is 0.462 e. The van der Waals surface area contributed by atoms with E-state index in [0.717, 1.165) is 135 Å². The molecule has 0 bridgehead atoms. The van der Waals surface area contributed by atoms with Gasteiger partial charge in [0.2, 0.25) is 0 Å². The molecule has 0 aliphatic rings. The summed E-state index contributed by atoms with van der Waals surface area (Å²) in [6.07, 6.45) is 75.8. The lowest BCUT2D eigenvalue weighted by molar-refractivity contribution is -0.167. The number of carbonyl (C=O) groups is 3. The van der Waals surface area contributed by atoms with Crippen molar-refractivity contribution < 1.29 is 28.6 Å². The van der Waals surface area contributed by atoms with Crippen LogP contribution in [0.15, 0.2) is 134 Å². The van der Waals surface area contributed by atoms with Crippen LogP contribution < -0.4 is 0 Å². The van der Waals surface area contributed by atoms with Crippen molar-refractivity contribution in [1.82, 2.24) is 0 Å². The summed E-state index contributed by atoms with van der Waals surface area (Å²) in [5.41, 5.74) is 0. The summed E-state index contributed by atoms with van der Waals surface area (Å²) in [5.74, 6) is -1.02. The molecule has 1 unspecified atom stereocenters. The summed E-state index contributed by atoms with van der Waals surface area (Å²) in [4.78, 5) is 38.0. The van der Waals surface area contributed by atoms with Crippen molar-refractivity contribution in [3.63, 3.8) is 0 Å². The van der Waals surface area contributed by atoms with Gasteiger partial charge in [0.15, 0.2) is 6.10 Å². The zero-order valence-corrected chi connectivity index (χ0v) is 42.9. The van der Waals surface area contributed by atoms with Crippen molar-refractivity contribution in [3.05, 3.63) is 134 Å². The number of allylic oxidation sites excluding steroid dienone is 22. The van der Waals surface area contributed by atoms with E-state index in [4.69, 9.17) is 14.2 Å². The number of rotatable bonds is 46. The zero-order valence-electron chi connectivity index (χ0n) is 42.9. The van der Waals surface area contributed by atoms with E-state index < -0.39 is 6.10 Å². The van der Waals surface area contributed by atoms with Crippen LogP contribution in [0.25, 0.3) is 0 Å². The Labute approximate surface area is 411 Å². The quantitative estimate of drug-likeness (QED) is 0.0199. The second kappa shape index (κ2) is 54.2. The van der Waals surface area contributed by atoms with Gasteiger partial charge in [-0.05, 0) is 122 Å². The molecule has 6 heteroatoms. The minimum absolute atomic E-state index is 0.121. The van der Waals surface area contributed by atoms with Gasteiger partial charge in [-0.25, -0.2) is 0 Å². The number of carbonyl (C=O) groups excluding carboxylic acids is 3. The maximum Gasteiger partial charge on any atom is 0.306 e. The molecule has 0 aromatic carbocycles. The Balaban J connectivity index is 4.54. The van der Waals surface area contributed by atoms with Gasteiger partial charge in [0, 0.05) is 19.3 Å². The third kappa shape index (κ3) is 52.4. The Morgan fingerprint density at radius 1 is 0.328 bits per heavy atom. The van der Waals surface area contributed by atoms with Gasteiger partial charge in [0.1, 0.15) is 13.2 Å². The predicted octanol–water partition coefficient (Wildman–Crippen LogP) is 17.9. The van der Waals surface area contributed by atoms with Crippen LogP contribution in [0.2, 0.25) is 0 Å². The van der Waals surface area contributed by atoms with Crippen LogP contribution in [-0.2, 0) is 28.6 Å². The van der Waals surface area contributed by atoms with E-state index >= 15 is 0 Å². The topological polar surface area (TPSA) is 78.9 Å². The lowest BCUT2D eigenvalue weighted by atomic mass is 10.1. The first-order chi connectivity index (χ1) is 33.0. The average molecular weight is 925 g/mol. The Hall–Kier alpha value is -4.45. The molecule has 0 aliphatic carbocycles. The molecule has 0 rings (SSSR count). The molecular weight excluding hydrogens is 829 g/mol. The minimum atomic E-state index is -0.823. The first-order valence-corrected chi connectivity index (χ1v) is 26.7. The van der Waals surface area contributed by atoms with E-state index in [9.17, 15) is 14.4 Å². The summed E-state index contributed by atoms with van der Waals surface area (Å²) < 4.78 is 16.7. The van der Waals surface area contributed by atoms with Gasteiger partial charge in [-0.3, -0.25) is 14.4 Å². The van der Waals surface area contributed by atoms with Crippen molar-refractivity contribution >= 4 is 17.9 Å². The first kappa shape index (κ1) is 62.5. The first-order valence-electron chi connectivity index (χ1n) is 26.7. The van der Waals surface area contributed by atoms with Gasteiger partial charge in [-0.15, -0.1) is 0 Å². The van der Waals surface area contributed by atoms with E-state index in [2.05, 4.69) is 154 Å². The van der Waals surface area contributed by atoms with Gasteiger partial charge in [-0.2, -0.15) is 0 Å². The fourth-order valence-electron chi connectivity index (χ4n) is 6.72. The second-order valence-corrected chi connectivity index (χ2v) is 17.1. The minimum Gasteiger partial charge on any atom is -0.462 e. The highest BCUT2D eigenvalue weighted by atomic mass is 16.6. The monoisotopic (exact) mass is 925 g/mol. The van der Waals surface area contributed by atoms with Crippen LogP contribution in [0.4, 0.5) is 0 Å². The molecule has 0 fully saturated rings. The summed E-state index contributed by atoms with van der Waals surface area (Å²) in [6.45, 7) is 6.29. The molecule has 0 saturated heterocycles. The molecule has 0 aliphatic heterocycles. The lowest BCUT2D eigenvalue weighted by Gasteiger charge is -2.18. The highest BCUT2D eigenvalue weighted by Crippen LogP contribution is 2.12. The number of hydrogen-bond donors (Lipinski definition) is 0. The smallest absolute Gasteiger partial charge is 0.306 e. The molecule has 0 aromatic rings. The van der Waals surface area contributed by atoms with Crippen molar-refractivity contribution in [2.45, 2.75) is 219 Å². The molecular formula is C61H96O6. The van der Waals surface area contributed by atoms with Crippen LogP contribution in [-0.4, -0.2) is 37.2 Å². The summed E-state index contributed by atoms with van der Waals surface area (Å²) in [5, 5.41) is 0. The van der Waals surface area contributed by atoms with E-state index in [1.807, 2.05) is 0 Å². The van der Waals surface area contributed by atoms with Crippen LogP contribution in [0.3, 0.4) is 0 Å². The second-order valence-electron chi connectivity index (χ2n) is 17.1. The fourth-order valence-corrected chi connectivity index (χ4v) is 6.72. The average Bonchev–Trinajstić information content (AvgIpc) is 3.33. The van der Waals surface area contributed by atoms with Crippen molar-refractivity contribution in [3.8, 4) is 0 Å². The molecule has 0 heterocycles. The van der Waals surface area contributed by atoms with Crippen LogP contribution >= 0.6 is 0 Å². The fraction of sp³-hybridized carbons (Fsp3) is 0.590. The SMILES string of the molecule is CC/C=C\C/C=C\C/C=C\C/C=C\C/C=C\CCCCCC(=O)OCC(COC(=O)CCCC/C=C\C/C=C\C/C=C\CC)OC(=O)CCCCCCC\C=C/C=C\C=C/CCCCCCC. The molecule has 0 N–H and O–H groups in total. The molecule has 67 heavy (non-hydrogen) atoms. The third-order valence-corrected chi connectivity index (χ3v) is 10.7. The Kier molecular flexibility index (Phi) is 50.6. The summed E-state index contributed by atoms with van der Waals surface area (Å²) in [6, 6.07) is 0. The lowest BCUT2D eigenvalue weighted by Crippen LogP contribution is -2.30. The molecule has 376 valence electrons. The van der Waals surface area contributed by atoms with Gasteiger partial charge in [0.25, 0.3) is 0 Å². The van der Waals surface area contributed by atoms with Gasteiger partial charge in [-0.1, -0.05) is 206 Å². The van der Waals surface area contributed by atoms with Gasteiger partial charge in [0.05, 0.1) is 0 Å². The van der Waals surface area contributed by atoms with Crippen LogP contribution in [0, 0.1) is 0 Å². The number of unbranched alkanes of at least 4 members (excludes halogenated alkanes) is 15. The van der Waals surface area contributed by atoms with Gasteiger partial charge >= 0.3 is 17.9 Å². The molecule has 6 nitrogen and oxygen atoms in total. The molecule has 0 saturated carbocycles. The maximum absolute atomic E-state index is 12.8. The molecule has 0 spiro atoms. The highest BCUT2D eigenvalue weighted by Gasteiger charge is 2.19. The van der Waals surface area contributed by atoms with Gasteiger partial charge < -0.3 is 14.2 Å². The van der Waals surface area contributed by atoms with Crippen molar-refractivity contribution in [1.29, 1.82) is 0 Å². The Morgan fingerprint density at radius 3 is 1.07 bits per heavy atom. The number of ether oxygens (including phenoxy) is 3. The third-order valence-electron chi connectivity index (χ3n) is 10.7. The maximum atomic E-state index is 12.8. The number of esters is 3. The summed E-state index contributed by atoms with van der Waals surface area (Å²) >= 11 is 0. The van der Waals surface area contributed by atoms with E-state index in [1.165, 1.54) is 32.1 Å². The molecule has 0 radical (unpaired) electrons. The van der Waals surface area contributed by atoms with Crippen LogP contribution in [0.5, 0.6) is 0 Å². The highest BCUT2D eigenvalue weighted by molar-refractivity contribution is 5.71. The normalized spacial score (nSPS) is 13.2. The molecule has 0 aromatic heterocycles. The Morgan fingerprint density at radius 2 is 0.642 bits per heavy atom. The van der Waals surface area contributed by atoms with E-state index in [-0.39, 0.29) is 37.5 Å². The molecule has 1 atom stereocenters. The van der Waals surface area contributed by atoms with E-state index in [1.54, 1.807) is 0 Å². The zero-order chi connectivity index (χ0) is 48.6. The number of hydrogen-bond acceptors (Lipinski definition) is 6. The standard InChI is InChI=1S/C61H96O6/c1-4-7-10-13-16-19-22-25-27-29-31-33-34-36-39-42-45-48-51-54-60(63)66-57-58(56-65-59(62)53-50-47-44-41-38-24-21-18-15-12-9-6-3)67-61(64)55-52-49-46-43-40-37-35-32-30-28-26-23-20-17-14-11-8-5-2/h7,9-10,12,16,18-19,21,23,25-28,30-33,35-36,38-39,41,58H,4-6,8,11,13-15,17,20,22,24,29,34,37,40,42-57H2,1-3H3/b10-7-,12-9-,19-16-,21-18-,26-23-,27-25-,30-28-,33-31-,35-32-,39-36-,41-38-. The summed E-state index contributed by atoms with van der Waals surface area (Å²) in [7, 11) is 0. The van der Waals surface area contributed by atoms with E-state index in [0.29, 0.717) is 19.3 Å². The van der Waals surface area contributed by atoms with Crippen molar-refractivity contribution in [2.24, 2.45) is 0 Å². The van der Waals surface area contributed by atoms with Crippen molar-refractivity contribution in [2.75, 3.05) is 13.2 Å². The predicted molar refractivity (Wildman–Crippen MR) is 288 cm³/mol. The van der Waals surface area contributed by atoms with Crippen LogP contribution in [0.1, 0.15) is 213 Å². The Bertz CT molecular complexity index is 1480.